The van der Waals surface area contributed by atoms with E-state index in [1.165, 1.54) is 10.3 Å². The summed E-state index contributed by atoms with van der Waals surface area (Å²) in [5.74, 6) is 0.713. The Balaban J connectivity index is 1.17. The first-order valence-electron chi connectivity index (χ1n) is 17.0. The molecule has 0 spiro atoms. The second-order valence-electron chi connectivity index (χ2n) is 12.6. The van der Waals surface area contributed by atoms with E-state index in [1.54, 1.807) is 11.3 Å². The molecule has 0 radical (unpaired) electrons. The lowest BCUT2D eigenvalue weighted by Crippen LogP contribution is -2.09. The van der Waals surface area contributed by atoms with Gasteiger partial charge in [0.05, 0.1) is 15.9 Å². The smallest absolute Gasteiger partial charge is 0.160 e. The highest BCUT2D eigenvalue weighted by atomic mass is 32.1. The molecule has 0 amide bonds. The molecule has 0 saturated heterocycles. The van der Waals surface area contributed by atoms with Gasteiger partial charge in [-0.15, -0.1) is 11.3 Å². The summed E-state index contributed by atoms with van der Waals surface area (Å²) in [5, 5.41) is 3.24. The molecule has 240 valence electrons. The molecule has 3 aromatic heterocycles. The van der Waals surface area contributed by atoms with Crippen molar-refractivity contribution in [1.82, 2.24) is 9.97 Å². The molecule has 10 rings (SSSR count). The fourth-order valence-electron chi connectivity index (χ4n) is 7.12. The van der Waals surface area contributed by atoms with Gasteiger partial charge in [0.2, 0.25) is 0 Å². The molecule has 0 aliphatic carbocycles. The first kappa shape index (κ1) is 29.4. The minimum atomic E-state index is 0.713. The summed E-state index contributed by atoms with van der Waals surface area (Å²) in [5.41, 5.74) is 11.1. The van der Waals surface area contributed by atoms with Gasteiger partial charge in [0, 0.05) is 55.1 Å². The first-order valence-corrected chi connectivity index (χ1v) is 17.8. The van der Waals surface area contributed by atoms with Crippen LogP contribution in [0.3, 0.4) is 0 Å². The van der Waals surface area contributed by atoms with Gasteiger partial charge in [-0.3, -0.25) is 0 Å². The van der Waals surface area contributed by atoms with Gasteiger partial charge in [-0.25, -0.2) is 9.97 Å². The summed E-state index contributed by atoms with van der Waals surface area (Å²) >= 11 is 1.74. The Hall–Kier alpha value is -6.56. The van der Waals surface area contributed by atoms with Gasteiger partial charge in [-0.1, -0.05) is 121 Å². The third kappa shape index (κ3) is 5.06. The zero-order chi connectivity index (χ0) is 33.7. The van der Waals surface area contributed by atoms with Gasteiger partial charge in [0.25, 0.3) is 0 Å². The molecule has 4 nitrogen and oxygen atoms in total. The van der Waals surface area contributed by atoms with Crippen LogP contribution < -0.4 is 4.90 Å². The van der Waals surface area contributed by atoms with Crippen molar-refractivity contribution >= 4 is 70.6 Å². The number of hydrogen-bond donors (Lipinski definition) is 0. The number of furan rings is 1. The minimum absolute atomic E-state index is 0.713. The predicted octanol–water partition coefficient (Wildman–Crippen LogP) is 13.2. The number of fused-ring (bicyclic) bond motifs is 6. The third-order valence-corrected chi connectivity index (χ3v) is 10.6. The summed E-state index contributed by atoms with van der Waals surface area (Å²) in [6, 6.07) is 61.3. The molecular formula is C46H29N3OS. The Bertz CT molecular complexity index is 2860. The van der Waals surface area contributed by atoms with E-state index < -0.39 is 0 Å². The number of anilines is 3. The van der Waals surface area contributed by atoms with Crippen LogP contribution in [0.5, 0.6) is 0 Å². The van der Waals surface area contributed by atoms with Crippen molar-refractivity contribution in [2.24, 2.45) is 0 Å². The Morgan fingerprint density at radius 3 is 1.96 bits per heavy atom. The summed E-state index contributed by atoms with van der Waals surface area (Å²) < 4.78 is 8.96. The SMILES string of the molecule is c1ccc(-c2cccc(N(c3ccccc3)c3ccc4c(c3)oc3cccc(-c5nc(-c6ccccc6)nc6c5sc5ccccc56)c34)c2)cc1. The zero-order valence-corrected chi connectivity index (χ0v) is 28.2. The number of aromatic nitrogens is 2. The topological polar surface area (TPSA) is 42.2 Å². The fourth-order valence-corrected chi connectivity index (χ4v) is 8.27. The van der Waals surface area contributed by atoms with E-state index in [2.05, 4.69) is 163 Å². The number of thiophene rings is 1. The Kier molecular flexibility index (Phi) is 6.96. The molecule has 5 heteroatoms. The van der Waals surface area contributed by atoms with Crippen molar-refractivity contribution in [3.63, 3.8) is 0 Å². The molecule has 0 atom stereocenters. The van der Waals surface area contributed by atoms with Crippen LogP contribution in [0.2, 0.25) is 0 Å². The maximum Gasteiger partial charge on any atom is 0.160 e. The molecular weight excluding hydrogens is 643 g/mol. The molecule has 0 aliphatic heterocycles. The predicted molar refractivity (Wildman–Crippen MR) is 213 cm³/mol. The Labute approximate surface area is 298 Å². The van der Waals surface area contributed by atoms with Gasteiger partial charge in [0.15, 0.2) is 5.82 Å². The van der Waals surface area contributed by atoms with E-state index in [1.807, 2.05) is 18.2 Å². The lowest BCUT2D eigenvalue weighted by atomic mass is 10.0. The van der Waals surface area contributed by atoms with Crippen molar-refractivity contribution in [2.75, 3.05) is 4.90 Å². The van der Waals surface area contributed by atoms with Crippen molar-refractivity contribution in [3.8, 4) is 33.8 Å². The van der Waals surface area contributed by atoms with Gasteiger partial charge < -0.3 is 9.32 Å². The monoisotopic (exact) mass is 671 g/mol. The van der Waals surface area contributed by atoms with E-state index in [0.29, 0.717) is 5.82 Å². The first-order chi connectivity index (χ1) is 25.3. The summed E-state index contributed by atoms with van der Waals surface area (Å²) in [6.07, 6.45) is 0. The highest BCUT2D eigenvalue weighted by Gasteiger charge is 2.22. The molecule has 0 aliphatic rings. The van der Waals surface area contributed by atoms with Gasteiger partial charge >= 0.3 is 0 Å². The molecule has 0 bridgehead atoms. The lowest BCUT2D eigenvalue weighted by molar-refractivity contribution is 0.669. The van der Waals surface area contributed by atoms with Crippen LogP contribution >= 0.6 is 11.3 Å². The van der Waals surface area contributed by atoms with Crippen molar-refractivity contribution in [1.29, 1.82) is 0 Å². The number of hydrogen-bond acceptors (Lipinski definition) is 5. The van der Waals surface area contributed by atoms with E-state index in [-0.39, 0.29) is 0 Å². The maximum atomic E-state index is 6.69. The van der Waals surface area contributed by atoms with Gasteiger partial charge in [0.1, 0.15) is 11.2 Å². The molecule has 0 unspecified atom stereocenters. The second kappa shape index (κ2) is 12.1. The third-order valence-electron chi connectivity index (χ3n) is 9.47. The average molecular weight is 672 g/mol. The molecule has 0 saturated carbocycles. The van der Waals surface area contributed by atoms with Crippen LogP contribution in [-0.4, -0.2) is 9.97 Å². The van der Waals surface area contributed by atoms with Gasteiger partial charge in [-0.05, 0) is 59.7 Å². The number of benzene rings is 7. The molecule has 10 aromatic rings. The van der Waals surface area contributed by atoms with Crippen LogP contribution in [-0.2, 0) is 0 Å². The zero-order valence-electron chi connectivity index (χ0n) is 27.4. The number of rotatable bonds is 6. The van der Waals surface area contributed by atoms with Crippen molar-refractivity contribution < 1.29 is 4.42 Å². The van der Waals surface area contributed by atoms with Crippen LogP contribution in [0.4, 0.5) is 17.1 Å². The molecule has 0 N–H and O–H groups in total. The van der Waals surface area contributed by atoms with Crippen LogP contribution in [0.15, 0.2) is 180 Å². The number of nitrogens with zero attached hydrogens (tertiary/aromatic N) is 3. The van der Waals surface area contributed by atoms with Crippen LogP contribution in [0.1, 0.15) is 0 Å². The Morgan fingerprint density at radius 1 is 0.471 bits per heavy atom. The van der Waals surface area contributed by atoms with Crippen molar-refractivity contribution in [3.05, 3.63) is 176 Å². The normalized spacial score (nSPS) is 11.5. The second-order valence-corrected chi connectivity index (χ2v) is 13.6. The van der Waals surface area contributed by atoms with Gasteiger partial charge in [-0.2, -0.15) is 0 Å². The highest BCUT2D eigenvalue weighted by molar-refractivity contribution is 7.26. The lowest BCUT2D eigenvalue weighted by Gasteiger charge is -2.26. The average Bonchev–Trinajstić information content (AvgIpc) is 3.77. The quantitative estimate of drug-likeness (QED) is 0.176. The van der Waals surface area contributed by atoms with E-state index in [0.717, 1.165) is 77.0 Å². The number of para-hydroxylation sites is 1. The largest absolute Gasteiger partial charge is 0.456 e. The maximum absolute atomic E-state index is 6.69. The molecule has 7 aromatic carbocycles. The fraction of sp³-hybridized carbons (Fsp3) is 0. The van der Waals surface area contributed by atoms with Crippen molar-refractivity contribution in [2.45, 2.75) is 0 Å². The minimum Gasteiger partial charge on any atom is -0.456 e. The summed E-state index contributed by atoms with van der Waals surface area (Å²) in [4.78, 5) is 12.7. The van der Waals surface area contributed by atoms with Crippen LogP contribution in [0, 0.1) is 0 Å². The molecule has 51 heavy (non-hydrogen) atoms. The van der Waals surface area contributed by atoms with E-state index >= 15 is 0 Å². The Morgan fingerprint density at radius 2 is 1.14 bits per heavy atom. The highest BCUT2D eigenvalue weighted by Crippen LogP contribution is 2.45. The summed E-state index contributed by atoms with van der Waals surface area (Å²) in [7, 11) is 0. The molecule has 0 fully saturated rings. The van der Waals surface area contributed by atoms with Crippen LogP contribution in [0.25, 0.3) is 76.0 Å². The van der Waals surface area contributed by atoms with E-state index in [9.17, 15) is 0 Å². The molecule has 3 heterocycles. The standard InChI is InChI=1S/C46H29N3OS/c1-4-14-30(15-5-1)32-18-12-21-34(28-32)49(33-19-8-3-9-20-33)35-26-27-36-40(29-35)50-39-24-13-23-38(42(36)39)44-45-43(37-22-10-11-25-41(37)51-45)47-46(48-44)31-16-6-2-7-17-31/h1-29H. The summed E-state index contributed by atoms with van der Waals surface area (Å²) in [6.45, 7) is 0. The van der Waals surface area contributed by atoms with E-state index in [4.69, 9.17) is 14.4 Å².